The van der Waals surface area contributed by atoms with E-state index in [1.54, 1.807) is 25.3 Å². The number of nitrogen functional groups attached to an aromatic ring is 1. The van der Waals surface area contributed by atoms with E-state index in [9.17, 15) is 5.11 Å². The summed E-state index contributed by atoms with van der Waals surface area (Å²) in [6.07, 6.45) is 3.02. The van der Waals surface area contributed by atoms with Crippen LogP contribution in [0, 0.1) is 6.92 Å². The molecule has 1 aromatic carbocycles. The zero-order valence-electron chi connectivity index (χ0n) is 11.0. The lowest BCUT2D eigenvalue weighted by atomic mass is 10.0. The number of hydrogen-bond donors (Lipinski definition) is 2. The van der Waals surface area contributed by atoms with E-state index >= 15 is 0 Å². The van der Waals surface area contributed by atoms with Crippen LogP contribution in [0.1, 0.15) is 5.76 Å². The number of hydrogen-bond acceptors (Lipinski definition) is 6. The van der Waals surface area contributed by atoms with Gasteiger partial charge in [-0.2, -0.15) is 0 Å². The van der Waals surface area contributed by atoms with E-state index in [1.165, 1.54) is 12.3 Å². The van der Waals surface area contributed by atoms with Crippen molar-refractivity contribution in [2.75, 3.05) is 5.73 Å². The largest absolute Gasteiger partial charge is 0.506 e. The van der Waals surface area contributed by atoms with E-state index in [-0.39, 0.29) is 10.8 Å². The second kappa shape index (κ2) is 5.06. The molecule has 0 radical (unpaired) electrons. The Balaban J connectivity index is 2.23. The summed E-state index contributed by atoms with van der Waals surface area (Å²) in [7, 11) is 0. The molecule has 0 aliphatic heterocycles. The SMILES string of the molecule is Cc1oncc1-c1nc(N)cnc1-c1ccc(O)c(Cl)c1. The number of benzene rings is 1. The summed E-state index contributed by atoms with van der Waals surface area (Å²) in [6.45, 7) is 1.78. The van der Waals surface area contributed by atoms with Crippen molar-refractivity contribution in [3.05, 3.63) is 41.4 Å². The summed E-state index contributed by atoms with van der Waals surface area (Å²) in [5.41, 5.74) is 8.27. The monoisotopic (exact) mass is 302 g/mol. The van der Waals surface area contributed by atoms with Crippen LogP contribution in [0.5, 0.6) is 5.75 Å². The third kappa shape index (κ3) is 2.41. The van der Waals surface area contributed by atoms with Crippen molar-refractivity contribution in [1.82, 2.24) is 15.1 Å². The lowest BCUT2D eigenvalue weighted by Crippen LogP contribution is -1.98. The number of anilines is 1. The Labute approximate surface area is 125 Å². The Morgan fingerprint density at radius 2 is 2.05 bits per heavy atom. The third-order valence-electron chi connectivity index (χ3n) is 3.02. The molecule has 21 heavy (non-hydrogen) atoms. The van der Waals surface area contributed by atoms with Crippen molar-refractivity contribution < 1.29 is 9.63 Å². The average Bonchev–Trinajstić information content (AvgIpc) is 2.88. The summed E-state index contributed by atoms with van der Waals surface area (Å²) < 4.78 is 5.07. The molecule has 0 fully saturated rings. The van der Waals surface area contributed by atoms with Gasteiger partial charge in [-0.3, -0.25) is 4.98 Å². The zero-order valence-corrected chi connectivity index (χ0v) is 11.8. The molecule has 0 bridgehead atoms. The average molecular weight is 303 g/mol. The van der Waals surface area contributed by atoms with E-state index in [0.717, 1.165) is 0 Å². The number of nitrogens with two attached hydrogens (primary N) is 1. The van der Waals surface area contributed by atoms with Crippen LogP contribution in [-0.4, -0.2) is 20.2 Å². The second-order valence-electron chi connectivity index (χ2n) is 4.45. The maximum absolute atomic E-state index is 9.52. The molecule has 3 N–H and O–H groups in total. The highest BCUT2D eigenvalue weighted by Crippen LogP contribution is 2.34. The van der Waals surface area contributed by atoms with Gasteiger partial charge in [0.05, 0.1) is 28.7 Å². The first-order valence-electron chi connectivity index (χ1n) is 6.09. The Morgan fingerprint density at radius 1 is 1.24 bits per heavy atom. The van der Waals surface area contributed by atoms with Gasteiger partial charge in [-0.15, -0.1) is 0 Å². The van der Waals surface area contributed by atoms with Gasteiger partial charge in [0.15, 0.2) is 0 Å². The van der Waals surface area contributed by atoms with Gasteiger partial charge in [0, 0.05) is 5.56 Å². The van der Waals surface area contributed by atoms with Crippen LogP contribution in [0.2, 0.25) is 5.02 Å². The number of nitrogens with zero attached hydrogens (tertiary/aromatic N) is 3. The minimum atomic E-state index is 0.00605. The van der Waals surface area contributed by atoms with Crippen LogP contribution in [0.15, 0.2) is 35.1 Å². The molecule has 0 saturated carbocycles. The van der Waals surface area contributed by atoms with Gasteiger partial charge in [-0.1, -0.05) is 16.8 Å². The van der Waals surface area contributed by atoms with Crippen molar-refractivity contribution in [2.45, 2.75) is 6.92 Å². The fraction of sp³-hybridized carbons (Fsp3) is 0.0714. The lowest BCUT2D eigenvalue weighted by molar-refractivity contribution is 0.398. The molecule has 2 aromatic heterocycles. The highest BCUT2D eigenvalue weighted by molar-refractivity contribution is 6.32. The third-order valence-corrected chi connectivity index (χ3v) is 3.32. The molecule has 0 unspecified atom stereocenters. The number of rotatable bonds is 2. The number of phenols is 1. The molecule has 0 saturated heterocycles. The molecule has 0 aliphatic carbocycles. The molecule has 0 spiro atoms. The highest BCUT2D eigenvalue weighted by atomic mass is 35.5. The van der Waals surface area contributed by atoms with Crippen LogP contribution in [0.4, 0.5) is 5.82 Å². The van der Waals surface area contributed by atoms with Gasteiger partial charge in [0.25, 0.3) is 0 Å². The van der Waals surface area contributed by atoms with Gasteiger partial charge < -0.3 is 15.4 Å². The molecule has 2 heterocycles. The van der Waals surface area contributed by atoms with Crippen LogP contribution in [0.25, 0.3) is 22.5 Å². The van der Waals surface area contributed by atoms with Gasteiger partial charge >= 0.3 is 0 Å². The van der Waals surface area contributed by atoms with Crippen LogP contribution >= 0.6 is 11.6 Å². The molecular weight excluding hydrogens is 292 g/mol. The van der Waals surface area contributed by atoms with Crippen molar-refractivity contribution in [1.29, 1.82) is 0 Å². The van der Waals surface area contributed by atoms with Gasteiger partial charge in [-0.05, 0) is 25.1 Å². The molecule has 106 valence electrons. The molecule has 3 aromatic rings. The van der Waals surface area contributed by atoms with Crippen LogP contribution in [0.3, 0.4) is 0 Å². The van der Waals surface area contributed by atoms with E-state index in [0.29, 0.717) is 34.1 Å². The normalized spacial score (nSPS) is 10.8. The first-order valence-corrected chi connectivity index (χ1v) is 6.47. The Kier molecular flexibility index (Phi) is 3.23. The van der Waals surface area contributed by atoms with Crippen molar-refractivity contribution in [2.24, 2.45) is 0 Å². The molecule has 3 rings (SSSR count). The Bertz CT molecular complexity index is 816. The summed E-state index contributed by atoms with van der Waals surface area (Å²) in [5.74, 6) is 0.909. The highest BCUT2D eigenvalue weighted by Gasteiger charge is 2.16. The first kappa shape index (κ1) is 13.4. The zero-order chi connectivity index (χ0) is 15.0. The van der Waals surface area contributed by atoms with E-state index in [1.807, 2.05) is 0 Å². The Morgan fingerprint density at radius 3 is 2.71 bits per heavy atom. The first-order chi connectivity index (χ1) is 10.1. The summed E-state index contributed by atoms with van der Waals surface area (Å²) >= 11 is 5.95. The van der Waals surface area contributed by atoms with E-state index in [4.69, 9.17) is 21.9 Å². The number of aromatic nitrogens is 3. The predicted octanol–water partition coefficient (Wildman–Crippen LogP) is 3.05. The molecule has 7 heteroatoms. The quantitative estimate of drug-likeness (QED) is 0.755. The predicted molar refractivity (Wildman–Crippen MR) is 78.8 cm³/mol. The van der Waals surface area contributed by atoms with Crippen LogP contribution in [-0.2, 0) is 0 Å². The number of aromatic hydroxyl groups is 1. The minimum Gasteiger partial charge on any atom is -0.506 e. The standard InChI is InChI=1S/C14H11ClN4O2/c1-7-9(5-18-21-7)14-13(17-6-12(16)19-14)8-2-3-11(20)10(15)4-8/h2-6,20H,1H3,(H2,16,19). The summed E-state index contributed by atoms with van der Waals surface area (Å²) in [4.78, 5) is 8.63. The Hall–Kier alpha value is -2.60. The second-order valence-corrected chi connectivity index (χ2v) is 4.86. The maximum Gasteiger partial charge on any atom is 0.143 e. The molecular formula is C14H11ClN4O2. The smallest absolute Gasteiger partial charge is 0.143 e. The van der Waals surface area contributed by atoms with E-state index < -0.39 is 0 Å². The fourth-order valence-corrected chi connectivity index (χ4v) is 2.16. The number of halogens is 1. The van der Waals surface area contributed by atoms with E-state index in [2.05, 4.69) is 15.1 Å². The van der Waals surface area contributed by atoms with Crippen molar-refractivity contribution >= 4 is 17.4 Å². The van der Waals surface area contributed by atoms with Gasteiger partial charge in [0.2, 0.25) is 0 Å². The number of aryl methyl sites for hydroxylation is 1. The molecule has 6 nitrogen and oxygen atoms in total. The topological polar surface area (TPSA) is 98.1 Å². The molecule has 0 atom stereocenters. The van der Waals surface area contributed by atoms with Crippen LogP contribution < -0.4 is 5.73 Å². The minimum absolute atomic E-state index is 0.00605. The van der Waals surface area contributed by atoms with Crippen molar-refractivity contribution in [3.8, 4) is 28.3 Å². The lowest BCUT2D eigenvalue weighted by Gasteiger charge is -2.08. The van der Waals surface area contributed by atoms with Gasteiger partial charge in [-0.25, -0.2) is 4.98 Å². The molecule has 0 aliphatic rings. The maximum atomic E-state index is 9.52. The van der Waals surface area contributed by atoms with Gasteiger partial charge in [0.1, 0.15) is 23.0 Å². The molecule has 0 amide bonds. The van der Waals surface area contributed by atoms with Crippen molar-refractivity contribution in [3.63, 3.8) is 0 Å². The summed E-state index contributed by atoms with van der Waals surface area (Å²) in [6, 6.07) is 4.82. The fourth-order valence-electron chi connectivity index (χ4n) is 1.98. The summed E-state index contributed by atoms with van der Waals surface area (Å²) in [5, 5.41) is 13.5. The number of phenolic OH excluding ortho intramolecular Hbond substituents is 1.